The molecular weight excluding hydrogens is 303 g/mol. The van der Waals surface area contributed by atoms with Crippen molar-refractivity contribution in [2.45, 2.75) is 25.5 Å². The quantitative estimate of drug-likeness (QED) is 0.766. The molecule has 0 spiro atoms. The number of aliphatic hydroxyl groups is 1. The highest BCUT2D eigenvalue weighted by Crippen LogP contribution is 2.15. The maximum atomic E-state index is 13.1. The largest absolute Gasteiger partial charge is 0.387 e. The zero-order chi connectivity index (χ0) is 15.9. The van der Waals surface area contributed by atoms with Crippen LogP contribution in [0.2, 0.25) is 0 Å². The minimum atomic E-state index is -0.712. The fourth-order valence-electron chi connectivity index (χ4n) is 2.12. The Morgan fingerprint density at radius 1 is 1.41 bits per heavy atom. The highest BCUT2D eigenvalue weighted by molar-refractivity contribution is 7.07. The number of urea groups is 1. The molecule has 0 fully saturated rings. The number of hydrogen-bond acceptors (Lipinski definition) is 3. The molecule has 3 N–H and O–H groups in total. The number of halogens is 1. The van der Waals surface area contributed by atoms with Gasteiger partial charge in [-0.3, -0.25) is 0 Å². The lowest BCUT2D eigenvalue weighted by Crippen LogP contribution is -2.43. The Morgan fingerprint density at radius 2 is 2.23 bits per heavy atom. The molecule has 22 heavy (non-hydrogen) atoms. The lowest BCUT2D eigenvalue weighted by atomic mass is 10.1. The van der Waals surface area contributed by atoms with Gasteiger partial charge in [0.1, 0.15) is 5.82 Å². The van der Waals surface area contributed by atoms with Gasteiger partial charge in [-0.05, 0) is 53.4 Å². The lowest BCUT2D eigenvalue weighted by molar-refractivity contribution is 0.173. The third-order valence-electron chi connectivity index (χ3n) is 3.19. The standard InChI is InChI=1S/C16H19FN2O2S/c1-11(7-12-3-2-4-14(17)8-12)19-16(21)18-9-15(20)13-5-6-22-10-13/h2-6,8,10-11,15,20H,7,9H2,1H3,(H2,18,19,21)/t11-,15+/m1/s1. The molecule has 0 saturated carbocycles. The van der Waals surface area contributed by atoms with Crippen LogP contribution in [-0.2, 0) is 6.42 Å². The summed E-state index contributed by atoms with van der Waals surface area (Å²) in [6.07, 6.45) is -0.173. The molecule has 0 unspecified atom stereocenters. The highest BCUT2D eigenvalue weighted by atomic mass is 32.1. The molecule has 0 saturated heterocycles. The molecule has 4 nitrogen and oxygen atoms in total. The third-order valence-corrected chi connectivity index (χ3v) is 3.89. The van der Waals surface area contributed by atoms with Crippen LogP contribution in [0.25, 0.3) is 0 Å². The van der Waals surface area contributed by atoms with Crippen molar-refractivity contribution in [1.29, 1.82) is 0 Å². The van der Waals surface area contributed by atoms with E-state index in [1.54, 1.807) is 6.07 Å². The zero-order valence-corrected chi connectivity index (χ0v) is 13.1. The average Bonchev–Trinajstić information content (AvgIpc) is 2.98. The fraction of sp³-hybridized carbons (Fsp3) is 0.312. The van der Waals surface area contributed by atoms with E-state index in [-0.39, 0.29) is 24.4 Å². The third kappa shape index (κ3) is 5.13. The molecule has 118 valence electrons. The van der Waals surface area contributed by atoms with Gasteiger partial charge in [0.25, 0.3) is 0 Å². The Balaban J connectivity index is 1.74. The van der Waals surface area contributed by atoms with E-state index in [9.17, 15) is 14.3 Å². The molecule has 6 heteroatoms. The Morgan fingerprint density at radius 3 is 2.91 bits per heavy atom. The van der Waals surface area contributed by atoms with Gasteiger partial charge in [0, 0.05) is 12.6 Å². The van der Waals surface area contributed by atoms with Gasteiger partial charge in [0.05, 0.1) is 6.10 Å². The predicted molar refractivity (Wildman–Crippen MR) is 85.4 cm³/mol. The SMILES string of the molecule is C[C@H](Cc1cccc(F)c1)NC(=O)NC[C@H](O)c1ccsc1. The molecule has 0 bridgehead atoms. The van der Waals surface area contributed by atoms with E-state index in [0.29, 0.717) is 6.42 Å². The lowest BCUT2D eigenvalue weighted by Gasteiger charge is -2.16. The molecule has 2 aromatic rings. The monoisotopic (exact) mass is 322 g/mol. The fourth-order valence-corrected chi connectivity index (χ4v) is 2.82. The number of aliphatic hydroxyl groups excluding tert-OH is 1. The van der Waals surface area contributed by atoms with Crippen LogP contribution in [0, 0.1) is 5.82 Å². The summed E-state index contributed by atoms with van der Waals surface area (Å²) in [5, 5.41) is 19.0. The van der Waals surface area contributed by atoms with Gasteiger partial charge in [-0.1, -0.05) is 12.1 Å². The van der Waals surface area contributed by atoms with E-state index in [2.05, 4.69) is 10.6 Å². The van der Waals surface area contributed by atoms with Crippen LogP contribution in [0.15, 0.2) is 41.1 Å². The molecule has 2 rings (SSSR count). The molecule has 1 heterocycles. The molecular formula is C16H19FN2O2S. The number of hydrogen-bond donors (Lipinski definition) is 3. The Labute approximate surface area is 133 Å². The van der Waals surface area contributed by atoms with Crippen LogP contribution < -0.4 is 10.6 Å². The van der Waals surface area contributed by atoms with Gasteiger partial charge in [0.2, 0.25) is 0 Å². The van der Waals surface area contributed by atoms with E-state index in [1.165, 1.54) is 23.5 Å². The maximum Gasteiger partial charge on any atom is 0.315 e. The molecule has 2 atom stereocenters. The zero-order valence-electron chi connectivity index (χ0n) is 12.3. The van der Waals surface area contributed by atoms with Crippen molar-refractivity contribution in [3.8, 4) is 0 Å². The molecule has 0 aliphatic carbocycles. The van der Waals surface area contributed by atoms with Gasteiger partial charge in [-0.15, -0.1) is 0 Å². The van der Waals surface area contributed by atoms with E-state index in [1.807, 2.05) is 29.8 Å². The van der Waals surface area contributed by atoms with Gasteiger partial charge in [-0.2, -0.15) is 11.3 Å². The summed E-state index contributed by atoms with van der Waals surface area (Å²) < 4.78 is 13.1. The van der Waals surface area contributed by atoms with Crippen LogP contribution in [0.3, 0.4) is 0 Å². The maximum absolute atomic E-state index is 13.1. The summed E-state index contributed by atoms with van der Waals surface area (Å²) in [5.74, 6) is -0.284. The summed E-state index contributed by atoms with van der Waals surface area (Å²) in [5.41, 5.74) is 1.62. The molecule has 0 aliphatic heterocycles. The number of carbonyl (C=O) groups excluding carboxylic acids is 1. The van der Waals surface area contributed by atoms with Crippen molar-refractivity contribution in [2.24, 2.45) is 0 Å². The predicted octanol–water partition coefficient (Wildman–Crippen LogP) is 2.85. The molecule has 1 aromatic heterocycles. The first-order valence-corrected chi connectivity index (χ1v) is 7.98. The first-order valence-electron chi connectivity index (χ1n) is 7.03. The van der Waals surface area contributed by atoms with Crippen molar-refractivity contribution in [3.63, 3.8) is 0 Å². The first kappa shape index (κ1) is 16.5. The summed E-state index contributed by atoms with van der Waals surface area (Å²) in [6.45, 7) is 2.00. The highest BCUT2D eigenvalue weighted by Gasteiger charge is 2.12. The smallest absolute Gasteiger partial charge is 0.315 e. The number of carbonyl (C=O) groups is 1. The topological polar surface area (TPSA) is 61.4 Å². The van der Waals surface area contributed by atoms with Crippen LogP contribution in [0.4, 0.5) is 9.18 Å². The van der Waals surface area contributed by atoms with E-state index < -0.39 is 6.10 Å². The Kier molecular flexibility index (Phi) is 5.91. The molecule has 1 aromatic carbocycles. The number of benzene rings is 1. The summed E-state index contributed by atoms with van der Waals surface area (Å²) in [6, 6.07) is 7.64. The second-order valence-electron chi connectivity index (χ2n) is 5.16. The summed E-state index contributed by atoms with van der Waals surface area (Å²) >= 11 is 1.50. The van der Waals surface area contributed by atoms with Gasteiger partial charge in [-0.25, -0.2) is 9.18 Å². The Hall–Kier alpha value is -1.92. The van der Waals surface area contributed by atoms with Gasteiger partial charge >= 0.3 is 6.03 Å². The number of nitrogens with one attached hydrogen (secondary N) is 2. The second-order valence-corrected chi connectivity index (χ2v) is 5.94. The van der Waals surface area contributed by atoms with Crippen LogP contribution >= 0.6 is 11.3 Å². The van der Waals surface area contributed by atoms with Gasteiger partial charge < -0.3 is 15.7 Å². The normalized spacial score (nSPS) is 13.4. The van der Waals surface area contributed by atoms with Crippen molar-refractivity contribution in [3.05, 3.63) is 58.0 Å². The molecule has 2 amide bonds. The minimum absolute atomic E-state index is 0.139. The van der Waals surface area contributed by atoms with Crippen LogP contribution in [0.1, 0.15) is 24.2 Å². The first-order chi connectivity index (χ1) is 10.5. The van der Waals surface area contributed by atoms with E-state index in [0.717, 1.165) is 11.1 Å². The number of rotatable bonds is 6. The van der Waals surface area contributed by atoms with Crippen LogP contribution in [0.5, 0.6) is 0 Å². The van der Waals surface area contributed by atoms with E-state index in [4.69, 9.17) is 0 Å². The van der Waals surface area contributed by atoms with Crippen molar-refractivity contribution in [1.82, 2.24) is 10.6 Å². The summed E-state index contributed by atoms with van der Waals surface area (Å²) in [7, 11) is 0. The second kappa shape index (κ2) is 7.91. The molecule has 0 aliphatic rings. The minimum Gasteiger partial charge on any atom is -0.387 e. The van der Waals surface area contributed by atoms with Crippen molar-refractivity contribution in [2.75, 3.05) is 6.54 Å². The van der Waals surface area contributed by atoms with Crippen molar-refractivity contribution < 1.29 is 14.3 Å². The van der Waals surface area contributed by atoms with E-state index >= 15 is 0 Å². The summed E-state index contributed by atoms with van der Waals surface area (Å²) in [4.78, 5) is 11.8. The van der Waals surface area contributed by atoms with Gasteiger partial charge in [0.15, 0.2) is 0 Å². The number of thiophene rings is 1. The average molecular weight is 322 g/mol. The Bertz CT molecular complexity index is 604. The van der Waals surface area contributed by atoms with Crippen LogP contribution in [-0.4, -0.2) is 23.7 Å². The van der Waals surface area contributed by atoms with Crippen molar-refractivity contribution >= 4 is 17.4 Å². The number of amides is 2. The molecule has 0 radical (unpaired) electrons.